The Morgan fingerprint density at radius 1 is 1.32 bits per heavy atom. The predicted molar refractivity (Wildman–Crippen MR) is 84.8 cm³/mol. The van der Waals surface area contributed by atoms with E-state index in [0.29, 0.717) is 16.5 Å². The Kier molecular flexibility index (Phi) is 4.68. The number of carbonyl (C=O) groups is 1. The van der Waals surface area contributed by atoms with Crippen molar-refractivity contribution in [1.82, 2.24) is 4.72 Å². The van der Waals surface area contributed by atoms with Crippen LogP contribution in [-0.2, 0) is 19.6 Å². The van der Waals surface area contributed by atoms with Crippen LogP contribution in [0.4, 0.5) is 5.69 Å². The van der Waals surface area contributed by atoms with Crippen molar-refractivity contribution in [2.45, 2.75) is 24.8 Å². The van der Waals surface area contributed by atoms with Gasteiger partial charge in [0.15, 0.2) is 0 Å². The number of carbonyl (C=O) groups excluding carboxylic acids is 1. The van der Waals surface area contributed by atoms with E-state index in [2.05, 4.69) is 4.72 Å². The minimum absolute atomic E-state index is 0.0410. The number of anilines is 1. The van der Waals surface area contributed by atoms with Gasteiger partial charge < -0.3 is 10.5 Å². The van der Waals surface area contributed by atoms with Gasteiger partial charge in [0.05, 0.1) is 11.5 Å². The molecule has 3 N–H and O–H groups in total. The number of rotatable bonds is 5. The second-order valence-electron chi connectivity index (χ2n) is 4.84. The van der Waals surface area contributed by atoms with Crippen LogP contribution in [-0.4, -0.2) is 27.0 Å². The summed E-state index contributed by atoms with van der Waals surface area (Å²) in [6.45, 7) is 3.28. The molecule has 2 aromatic rings. The maximum Gasteiger partial charge on any atom is 0.323 e. The van der Waals surface area contributed by atoms with Crippen molar-refractivity contribution in [3.05, 3.63) is 36.4 Å². The van der Waals surface area contributed by atoms with Crippen molar-refractivity contribution in [2.75, 3.05) is 12.3 Å². The largest absolute Gasteiger partial charge is 0.465 e. The average molecular weight is 322 g/mol. The molecule has 0 aliphatic rings. The van der Waals surface area contributed by atoms with E-state index in [1.165, 1.54) is 13.0 Å². The lowest BCUT2D eigenvalue weighted by atomic mass is 10.1. The molecule has 1 unspecified atom stereocenters. The quantitative estimate of drug-likeness (QED) is 0.644. The molecule has 0 aliphatic heterocycles. The minimum atomic E-state index is -3.90. The van der Waals surface area contributed by atoms with Crippen LogP contribution in [0, 0.1) is 0 Å². The standard InChI is InChI=1S/C15H18N2O4S/c1-3-21-15(18)10(2)17-22(19,20)14-9-12(16)8-11-6-4-5-7-13(11)14/h4-10,17H,3,16H2,1-2H3. The number of hydrogen-bond donors (Lipinski definition) is 2. The highest BCUT2D eigenvalue weighted by atomic mass is 32.2. The van der Waals surface area contributed by atoms with Crippen molar-refractivity contribution >= 4 is 32.5 Å². The molecule has 1 atom stereocenters. The van der Waals surface area contributed by atoms with Crippen LogP contribution in [0.25, 0.3) is 10.8 Å². The summed E-state index contributed by atoms with van der Waals surface area (Å²) in [4.78, 5) is 11.6. The van der Waals surface area contributed by atoms with Crippen LogP contribution < -0.4 is 10.5 Å². The van der Waals surface area contributed by atoms with Crippen LogP contribution in [0.5, 0.6) is 0 Å². The molecule has 0 heterocycles. The maximum absolute atomic E-state index is 12.5. The molecular formula is C15H18N2O4S. The van der Waals surface area contributed by atoms with E-state index in [1.807, 2.05) is 0 Å². The number of nitrogens with two attached hydrogens (primary N) is 1. The monoisotopic (exact) mass is 322 g/mol. The lowest BCUT2D eigenvalue weighted by Crippen LogP contribution is -2.39. The van der Waals surface area contributed by atoms with Gasteiger partial charge in [-0.05, 0) is 31.4 Å². The Hall–Kier alpha value is -2.12. The molecule has 0 spiro atoms. The second-order valence-corrected chi connectivity index (χ2v) is 6.52. The fourth-order valence-corrected chi connectivity index (χ4v) is 3.59. The molecule has 0 amide bonds. The van der Waals surface area contributed by atoms with Crippen LogP contribution in [0.3, 0.4) is 0 Å². The highest BCUT2D eigenvalue weighted by Gasteiger charge is 2.24. The molecule has 2 rings (SSSR count). The number of esters is 1. The van der Waals surface area contributed by atoms with Crippen LogP contribution in [0.1, 0.15) is 13.8 Å². The van der Waals surface area contributed by atoms with E-state index in [0.717, 1.165) is 0 Å². The van der Waals surface area contributed by atoms with Crippen LogP contribution in [0.2, 0.25) is 0 Å². The molecule has 7 heteroatoms. The lowest BCUT2D eigenvalue weighted by Gasteiger charge is -2.15. The molecule has 0 radical (unpaired) electrons. The van der Waals surface area contributed by atoms with Gasteiger partial charge in [0.2, 0.25) is 10.0 Å². The molecular weight excluding hydrogens is 304 g/mol. The summed E-state index contributed by atoms with van der Waals surface area (Å²) < 4.78 is 32.2. The van der Waals surface area contributed by atoms with Crippen molar-refractivity contribution in [3.8, 4) is 0 Å². The first kappa shape index (κ1) is 16.3. The SMILES string of the molecule is CCOC(=O)C(C)NS(=O)(=O)c1cc(N)cc2ccccc12. The summed E-state index contributed by atoms with van der Waals surface area (Å²) in [6, 6.07) is 9.10. The first-order valence-corrected chi connectivity index (χ1v) is 8.30. The van der Waals surface area contributed by atoms with E-state index in [9.17, 15) is 13.2 Å². The smallest absolute Gasteiger partial charge is 0.323 e. The van der Waals surface area contributed by atoms with Gasteiger partial charge in [0.1, 0.15) is 6.04 Å². The summed E-state index contributed by atoms with van der Waals surface area (Å²) in [5.74, 6) is -0.626. The number of nitrogens with one attached hydrogen (secondary N) is 1. The van der Waals surface area contributed by atoms with Gasteiger partial charge in [-0.25, -0.2) is 8.42 Å². The van der Waals surface area contributed by atoms with E-state index >= 15 is 0 Å². The van der Waals surface area contributed by atoms with Gasteiger partial charge in [-0.1, -0.05) is 24.3 Å². The normalized spacial score (nSPS) is 13.0. The van der Waals surface area contributed by atoms with E-state index in [1.54, 1.807) is 37.3 Å². The molecule has 0 fully saturated rings. The number of nitrogen functional groups attached to an aromatic ring is 1. The summed E-state index contributed by atoms with van der Waals surface area (Å²) >= 11 is 0. The van der Waals surface area contributed by atoms with Gasteiger partial charge in [0, 0.05) is 11.1 Å². The third-order valence-corrected chi connectivity index (χ3v) is 4.69. The summed E-state index contributed by atoms with van der Waals surface area (Å²) in [7, 11) is -3.90. The molecule has 0 saturated carbocycles. The highest BCUT2D eigenvalue weighted by molar-refractivity contribution is 7.89. The number of ether oxygens (including phenoxy) is 1. The minimum Gasteiger partial charge on any atom is -0.465 e. The highest BCUT2D eigenvalue weighted by Crippen LogP contribution is 2.26. The zero-order valence-corrected chi connectivity index (χ0v) is 13.2. The third-order valence-electron chi connectivity index (χ3n) is 3.11. The Bertz CT molecular complexity index is 802. The van der Waals surface area contributed by atoms with Gasteiger partial charge in [-0.2, -0.15) is 4.72 Å². The van der Waals surface area contributed by atoms with Gasteiger partial charge in [0.25, 0.3) is 0 Å². The molecule has 0 aliphatic carbocycles. The van der Waals surface area contributed by atoms with Crippen molar-refractivity contribution in [2.24, 2.45) is 0 Å². The Labute approximate surface area is 129 Å². The molecule has 2 aromatic carbocycles. The predicted octanol–water partition coefficient (Wildman–Crippen LogP) is 1.65. The number of benzene rings is 2. The third kappa shape index (κ3) is 3.37. The zero-order chi connectivity index (χ0) is 16.3. The molecule has 0 aromatic heterocycles. The average Bonchev–Trinajstić information content (AvgIpc) is 2.46. The summed E-state index contributed by atoms with van der Waals surface area (Å²) in [5, 5.41) is 1.26. The summed E-state index contributed by atoms with van der Waals surface area (Å²) in [6.07, 6.45) is 0. The number of hydrogen-bond acceptors (Lipinski definition) is 5. The second kappa shape index (κ2) is 6.33. The first-order valence-electron chi connectivity index (χ1n) is 6.82. The Morgan fingerprint density at radius 2 is 2.00 bits per heavy atom. The topological polar surface area (TPSA) is 98.5 Å². The molecule has 118 valence electrons. The first-order chi connectivity index (χ1) is 10.3. The van der Waals surface area contributed by atoms with Gasteiger partial charge >= 0.3 is 5.97 Å². The molecule has 6 nitrogen and oxygen atoms in total. The number of sulfonamides is 1. The van der Waals surface area contributed by atoms with Crippen molar-refractivity contribution in [3.63, 3.8) is 0 Å². The zero-order valence-electron chi connectivity index (χ0n) is 12.4. The molecule has 0 saturated heterocycles. The van der Waals surface area contributed by atoms with E-state index in [-0.39, 0.29) is 11.5 Å². The number of fused-ring (bicyclic) bond motifs is 1. The van der Waals surface area contributed by atoms with Crippen LogP contribution >= 0.6 is 0 Å². The Morgan fingerprint density at radius 3 is 2.68 bits per heavy atom. The summed E-state index contributed by atoms with van der Waals surface area (Å²) in [5.41, 5.74) is 6.11. The van der Waals surface area contributed by atoms with Gasteiger partial charge in [-0.3, -0.25) is 4.79 Å². The van der Waals surface area contributed by atoms with Crippen LogP contribution in [0.15, 0.2) is 41.3 Å². The fourth-order valence-electron chi connectivity index (χ4n) is 2.13. The van der Waals surface area contributed by atoms with Crippen molar-refractivity contribution < 1.29 is 17.9 Å². The Balaban J connectivity index is 2.44. The van der Waals surface area contributed by atoms with Crippen molar-refractivity contribution in [1.29, 1.82) is 0 Å². The lowest BCUT2D eigenvalue weighted by molar-refractivity contribution is -0.144. The maximum atomic E-state index is 12.5. The van der Waals surface area contributed by atoms with E-state index < -0.39 is 22.0 Å². The van der Waals surface area contributed by atoms with Gasteiger partial charge in [-0.15, -0.1) is 0 Å². The van der Waals surface area contributed by atoms with E-state index in [4.69, 9.17) is 10.5 Å². The fraction of sp³-hybridized carbons (Fsp3) is 0.267. The molecule has 0 bridgehead atoms. The molecule has 22 heavy (non-hydrogen) atoms.